The van der Waals surface area contributed by atoms with Crippen LogP contribution in [0.2, 0.25) is 0 Å². The molecule has 1 aliphatic rings. The lowest BCUT2D eigenvalue weighted by molar-refractivity contribution is -0.114. The number of aromatic amines is 1. The second-order valence-corrected chi connectivity index (χ2v) is 9.45. The Morgan fingerprint density at radius 2 is 1.57 bits per heavy atom. The number of aryl methyl sites for hydroxylation is 1. The molecule has 1 aliphatic heterocycles. The Balaban J connectivity index is 1.36. The van der Waals surface area contributed by atoms with Crippen molar-refractivity contribution in [3.63, 3.8) is 0 Å². The van der Waals surface area contributed by atoms with E-state index in [1.54, 1.807) is 0 Å². The van der Waals surface area contributed by atoms with Gasteiger partial charge in [-0.1, -0.05) is 92.2 Å². The zero-order valence-corrected chi connectivity index (χ0v) is 21.2. The van der Waals surface area contributed by atoms with E-state index in [-0.39, 0.29) is 5.78 Å². The van der Waals surface area contributed by atoms with Gasteiger partial charge in [0.15, 0.2) is 5.78 Å². The number of rotatable bonds is 10. The summed E-state index contributed by atoms with van der Waals surface area (Å²) in [5, 5.41) is 14.5. The molecular formula is C31H31N5O. The van der Waals surface area contributed by atoms with Crippen LogP contribution in [0.3, 0.4) is 0 Å². The molecule has 0 spiro atoms. The number of nitrogens with one attached hydrogen (secondary N) is 1. The Kier molecular flexibility index (Phi) is 7.75. The molecule has 0 bridgehead atoms. The van der Waals surface area contributed by atoms with Gasteiger partial charge in [-0.05, 0) is 53.2 Å². The highest BCUT2D eigenvalue weighted by atomic mass is 16.1. The van der Waals surface area contributed by atoms with Crippen LogP contribution in [0.1, 0.15) is 50.2 Å². The van der Waals surface area contributed by atoms with Crippen LogP contribution in [0.4, 0.5) is 0 Å². The lowest BCUT2D eigenvalue weighted by atomic mass is 9.90. The highest BCUT2D eigenvalue weighted by Crippen LogP contribution is 2.31. The van der Waals surface area contributed by atoms with Gasteiger partial charge in [-0.2, -0.15) is 5.21 Å². The first-order valence-corrected chi connectivity index (χ1v) is 13.0. The Hall–Kier alpha value is -4.19. The number of carbonyl (C=O) groups is 1. The Bertz CT molecular complexity index is 1400. The van der Waals surface area contributed by atoms with Crippen LogP contribution in [0.25, 0.3) is 22.5 Å². The molecule has 4 aromatic rings. The van der Waals surface area contributed by atoms with Crippen LogP contribution < -0.4 is 0 Å². The molecule has 0 aliphatic carbocycles. The largest absolute Gasteiger partial charge is 0.294 e. The quantitative estimate of drug-likeness (QED) is 0.273. The number of nitrogens with zero attached hydrogens (tertiary/aromatic N) is 4. The Morgan fingerprint density at radius 3 is 2.30 bits per heavy atom. The minimum Gasteiger partial charge on any atom is -0.294 e. The zero-order valence-electron chi connectivity index (χ0n) is 21.2. The fourth-order valence-electron chi connectivity index (χ4n) is 4.79. The van der Waals surface area contributed by atoms with E-state index >= 15 is 0 Å². The SMILES string of the molecule is CCCCC1=C(Cc2ccc(-c3ccccc3-c3nn[nH]n3)cc2)C(=O)CC(CCc2ccccc2)=N1. The third kappa shape index (κ3) is 5.97. The molecule has 6 nitrogen and oxygen atoms in total. The third-order valence-corrected chi connectivity index (χ3v) is 6.81. The molecule has 37 heavy (non-hydrogen) atoms. The van der Waals surface area contributed by atoms with Gasteiger partial charge in [0.2, 0.25) is 5.82 Å². The minimum atomic E-state index is 0.218. The van der Waals surface area contributed by atoms with E-state index in [2.05, 4.69) is 82.1 Å². The van der Waals surface area contributed by atoms with Gasteiger partial charge >= 0.3 is 0 Å². The number of hydrogen-bond donors (Lipinski definition) is 1. The van der Waals surface area contributed by atoms with E-state index in [0.717, 1.165) is 71.3 Å². The molecule has 0 amide bonds. The third-order valence-electron chi connectivity index (χ3n) is 6.81. The molecule has 0 radical (unpaired) electrons. The number of unbranched alkanes of at least 4 members (excludes halogenated alkanes) is 1. The van der Waals surface area contributed by atoms with E-state index in [9.17, 15) is 4.79 Å². The number of benzene rings is 3. The highest BCUT2D eigenvalue weighted by Gasteiger charge is 2.23. The van der Waals surface area contributed by atoms with Crippen molar-refractivity contribution in [3.05, 3.63) is 101 Å². The Labute approximate surface area is 217 Å². The summed E-state index contributed by atoms with van der Waals surface area (Å²) < 4.78 is 0. The van der Waals surface area contributed by atoms with Crippen molar-refractivity contribution in [3.8, 4) is 22.5 Å². The van der Waals surface area contributed by atoms with Crippen molar-refractivity contribution in [1.29, 1.82) is 0 Å². The van der Waals surface area contributed by atoms with Gasteiger partial charge in [-0.25, -0.2) is 0 Å². The van der Waals surface area contributed by atoms with Crippen LogP contribution in [0.15, 0.2) is 95.1 Å². The number of Topliss-reactive ketones (excluding diaryl/α,β-unsaturated/α-hetero) is 1. The number of ketones is 1. The van der Waals surface area contributed by atoms with Crippen LogP contribution in [0, 0.1) is 0 Å². The second kappa shape index (κ2) is 11.7. The van der Waals surface area contributed by atoms with Gasteiger partial charge in [-0.15, -0.1) is 10.2 Å². The van der Waals surface area contributed by atoms with E-state index in [1.165, 1.54) is 5.56 Å². The maximum absolute atomic E-state index is 13.3. The van der Waals surface area contributed by atoms with Gasteiger partial charge in [0.25, 0.3) is 0 Å². The number of hydrogen-bond acceptors (Lipinski definition) is 5. The smallest absolute Gasteiger partial charge is 0.205 e. The molecule has 0 saturated heterocycles. The summed E-state index contributed by atoms with van der Waals surface area (Å²) >= 11 is 0. The number of allylic oxidation sites excluding steroid dienone is 2. The van der Waals surface area contributed by atoms with Gasteiger partial charge in [-0.3, -0.25) is 9.79 Å². The monoisotopic (exact) mass is 489 g/mol. The maximum Gasteiger partial charge on any atom is 0.205 e. The highest BCUT2D eigenvalue weighted by molar-refractivity contribution is 6.12. The summed E-state index contributed by atoms with van der Waals surface area (Å²) in [6.07, 6.45) is 5.74. The number of H-pyrrole nitrogens is 1. The number of aromatic nitrogens is 4. The van der Waals surface area contributed by atoms with Crippen LogP contribution in [0.5, 0.6) is 0 Å². The zero-order chi connectivity index (χ0) is 25.5. The van der Waals surface area contributed by atoms with Crippen LogP contribution in [-0.4, -0.2) is 32.1 Å². The van der Waals surface area contributed by atoms with Gasteiger partial charge in [0, 0.05) is 35.4 Å². The normalized spacial score (nSPS) is 13.6. The molecule has 6 heteroatoms. The molecule has 0 fully saturated rings. The van der Waals surface area contributed by atoms with E-state index in [4.69, 9.17) is 4.99 Å². The van der Waals surface area contributed by atoms with Crippen molar-refractivity contribution in [1.82, 2.24) is 20.6 Å². The molecule has 2 heterocycles. The van der Waals surface area contributed by atoms with Crippen molar-refractivity contribution >= 4 is 11.5 Å². The molecule has 0 atom stereocenters. The molecule has 186 valence electrons. The van der Waals surface area contributed by atoms with Gasteiger partial charge < -0.3 is 0 Å². The first-order chi connectivity index (χ1) is 18.2. The lowest BCUT2D eigenvalue weighted by Crippen LogP contribution is -2.19. The first-order valence-electron chi connectivity index (χ1n) is 13.0. The molecule has 3 aromatic carbocycles. The predicted octanol–water partition coefficient (Wildman–Crippen LogP) is 6.57. The standard InChI is InChI=1S/C31H31N5O/c1-2-3-13-29-28(30(37)21-25(32-29)19-16-22-9-5-4-6-10-22)20-23-14-17-24(18-15-23)26-11-7-8-12-27(26)31-33-35-36-34-31/h4-12,14-15,17-18H,2-3,13,16,19-21H2,1H3,(H,33,34,35,36). The summed E-state index contributed by atoms with van der Waals surface area (Å²) in [6, 6.07) is 26.9. The summed E-state index contributed by atoms with van der Waals surface area (Å²) in [6.45, 7) is 2.18. The number of tetrazole rings is 1. The van der Waals surface area contributed by atoms with Crippen molar-refractivity contribution in [2.24, 2.45) is 4.99 Å². The molecule has 1 aromatic heterocycles. The summed E-state index contributed by atoms with van der Waals surface area (Å²) in [7, 11) is 0. The van der Waals surface area contributed by atoms with Gasteiger partial charge in [0.05, 0.1) is 0 Å². The molecule has 0 saturated carbocycles. The topological polar surface area (TPSA) is 83.9 Å². The fourth-order valence-corrected chi connectivity index (χ4v) is 4.79. The number of carbonyl (C=O) groups excluding carboxylic acids is 1. The van der Waals surface area contributed by atoms with Crippen molar-refractivity contribution in [2.75, 3.05) is 0 Å². The lowest BCUT2D eigenvalue weighted by Gasteiger charge is -2.19. The average Bonchev–Trinajstić information content (AvgIpc) is 3.48. The first kappa shape index (κ1) is 24.5. The van der Waals surface area contributed by atoms with Crippen LogP contribution >= 0.6 is 0 Å². The molecule has 1 N–H and O–H groups in total. The number of aliphatic imine (C=N–C) groups is 1. The fraction of sp³-hybridized carbons (Fsp3) is 0.258. The van der Waals surface area contributed by atoms with E-state index in [1.807, 2.05) is 24.3 Å². The molecule has 5 rings (SSSR count). The Morgan fingerprint density at radius 1 is 0.811 bits per heavy atom. The van der Waals surface area contributed by atoms with E-state index in [0.29, 0.717) is 18.7 Å². The van der Waals surface area contributed by atoms with Crippen LogP contribution in [-0.2, 0) is 17.6 Å². The molecular weight excluding hydrogens is 458 g/mol. The van der Waals surface area contributed by atoms with Crippen molar-refractivity contribution in [2.45, 2.75) is 51.9 Å². The summed E-state index contributed by atoms with van der Waals surface area (Å²) in [5.41, 5.74) is 8.29. The van der Waals surface area contributed by atoms with Gasteiger partial charge in [0.1, 0.15) is 0 Å². The predicted molar refractivity (Wildman–Crippen MR) is 147 cm³/mol. The maximum atomic E-state index is 13.3. The summed E-state index contributed by atoms with van der Waals surface area (Å²) in [4.78, 5) is 18.3. The van der Waals surface area contributed by atoms with E-state index < -0.39 is 0 Å². The second-order valence-electron chi connectivity index (χ2n) is 9.45. The molecule has 0 unspecified atom stereocenters. The minimum absolute atomic E-state index is 0.218. The summed E-state index contributed by atoms with van der Waals surface area (Å²) in [5.74, 6) is 0.787. The average molecular weight is 490 g/mol. The van der Waals surface area contributed by atoms with Crippen molar-refractivity contribution < 1.29 is 4.79 Å².